The first-order valence-electron chi connectivity index (χ1n) is 11.9. The zero-order chi connectivity index (χ0) is 28.2. The molecule has 0 aliphatic carbocycles. The van der Waals surface area contributed by atoms with Crippen LogP contribution in [0.25, 0.3) is 11.3 Å². The SMILES string of the molecule is Cc1ccc(S(=O)(=O)N(CC(=O)N/N=C\c2ccc(-c3ccc([N+](=O)[O-])cc3)o2)c2ccc(C)c(C)c2)cc1. The molecule has 0 radical (unpaired) electrons. The first kappa shape index (κ1) is 27.3. The van der Waals surface area contributed by atoms with E-state index in [-0.39, 0.29) is 10.6 Å². The highest BCUT2D eigenvalue weighted by molar-refractivity contribution is 7.92. The van der Waals surface area contributed by atoms with Gasteiger partial charge in [0.25, 0.3) is 21.6 Å². The summed E-state index contributed by atoms with van der Waals surface area (Å²) >= 11 is 0. The zero-order valence-corrected chi connectivity index (χ0v) is 22.3. The smallest absolute Gasteiger partial charge is 0.269 e. The molecule has 0 atom stereocenters. The molecule has 0 saturated carbocycles. The fraction of sp³-hybridized carbons (Fsp3) is 0.143. The number of anilines is 1. The van der Waals surface area contributed by atoms with E-state index >= 15 is 0 Å². The maximum atomic E-state index is 13.5. The van der Waals surface area contributed by atoms with Gasteiger partial charge in [-0.15, -0.1) is 0 Å². The van der Waals surface area contributed by atoms with Gasteiger partial charge in [0, 0.05) is 17.7 Å². The van der Waals surface area contributed by atoms with Gasteiger partial charge in [-0.05, 0) is 80.4 Å². The van der Waals surface area contributed by atoms with Crippen LogP contribution in [-0.4, -0.2) is 32.0 Å². The molecule has 11 heteroatoms. The highest BCUT2D eigenvalue weighted by Gasteiger charge is 2.27. The quantitative estimate of drug-likeness (QED) is 0.176. The van der Waals surface area contributed by atoms with Crippen molar-refractivity contribution in [1.82, 2.24) is 5.43 Å². The highest BCUT2D eigenvalue weighted by Crippen LogP contribution is 2.26. The predicted octanol–water partition coefficient (Wildman–Crippen LogP) is 5.13. The fourth-order valence-corrected chi connectivity index (χ4v) is 5.10. The topological polar surface area (TPSA) is 135 Å². The van der Waals surface area contributed by atoms with Gasteiger partial charge in [-0.2, -0.15) is 5.10 Å². The summed E-state index contributed by atoms with van der Waals surface area (Å²) < 4.78 is 33.8. The Hall–Kier alpha value is -4.77. The molecule has 4 aromatic rings. The number of non-ortho nitro benzene ring substituents is 1. The molecule has 1 amide bonds. The van der Waals surface area contributed by atoms with E-state index in [1.807, 2.05) is 20.8 Å². The van der Waals surface area contributed by atoms with Crippen molar-refractivity contribution in [2.24, 2.45) is 5.10 Å². The summed E-state index contributed by atoms with van der Waals surface area (Å²) in [5.74, 6) is 0.132. The van der Waals surface area contributed by atoms with Crippen molar-refractivity contribution in [2.45, 2.75) is 25.7 Å². The van der Waals surface area contributed by atoms with Crippen molar-refractivity contribution in [3.8, 4) is 11.3 Å². The lowest BCUT2D eigenvalue weighted by Gasteiger charge is -2.24. The van der Waals surface area contributed by atoms with E-state index in [2.05, 4.69) is 10.5 Å². The second-order valence-corrected chi connectivity index (χ2v) is 10.8. The minimum Gasteiger partial charge on any atom is -0.455 e. The summed E-state index contributed by atoms with van der Waals surface area (Å²) in [4.78, 5) is 23.2. The van der Waals surface area contributed by atoms with Gasteiger partial charge >= 0.3 is 0 Å². The van der Waals surface area contributed by atoms with Crippen molar-refractivity contribution in [1.29, 1.82) is 0 Å². The number of rotatable bonds is 9. The summed E-state index contributed by atoms with van der Waals surface area (Å²) in [6.07, 6.45) is 1.28. The Morgan fingerprint density at radius 3 is 2.31 bits per heavy atom. The van der Waals surface area contributed by atoms with Crippen LogP contribution in [-0.2, 0) is 14.8 Å². The number of carbonyl (C=O) groups is 1. The molecule has 3 aromatic carbocycles. The van der Waals surface area contributed by atoms with E-state index in [0.717, 1.165) is 21.0 Å². The van der Waals surface area contributed by atoms with Gasteiger partial charge in [-0.25, -0.2) is 13.8 Å². The molecule has 0 aliphatic rings. The number of amides is 1. The van der Waals surface area contributed by atoms with Crippen LogP contribution in [0.5, 0.6) is 0 Å². The summed E-state index contributed by atoms with van der Waals surface area (Å²) in [7, 11) is -4.05. The van der Waals surface area contributed by atoms with Gasteiger partial charge in [0.1, 0.15) is 18.1 Å². The third-order valence-electron chi connectivity index (χ3n) is 6.05. The number of hydrogen-bond acceptors (Lipinski definition) is 7. The fourth-order valence-electron chi connectivity index (χ4n) is 3.69. The van der Waals surface area contributed by atoms with E-state index in [0.29, 0.717) is 22.8 Å². The van der Waals surface area contributed by atoms with Crippen LogP contribution >= 0.6 is 0 Å². The number of sulfonamides is 1. The van der Waals surface area contributed by atoms with Gasteiger partial charge in [0.15, 0.2) is 0 Å². The minimum atomic E-state index is -4.05. The average Bonchev–Trinajstić information content (AvgIpc) is 3.38. The van der Waals surface area contributed by atoms with Gasteiger partial charge in [-0.3, -0.25) is 19.2 Å². The van der Waals surface area contributed by atoms with E-state index in [1.54, 1.807) is 54.6 Å². The summed E-state index contributed by atoms with van der Waals surface area (Å²) in [5.41, 5.74) is 6.10. The Morgan fingerprint density at radius 1 is 0.974 bits per heavy atom. The lowest BCUT2D eigenvalue weighted by Crippen LogP contribution is -2.39. The number of hydrazone groups is 1. The Morgan fingerprint density at radius 2 is 1.67 bits per heavy atom. The third-order valence-corrected chi connectivity index (χ3v) is 7.83. The van der Waals surface area contributed by atoms with Crippen LogP contribution in [0.15, 0.2) is 93.3 Å². The van der Waals surface area contributed by atoms with Gasteiger partial charge in [-0.1, -0.05) is 23.8 Å². The number of nitro groups is 1. The molecule has 39 heavy (non-hydrogen) atoms. The number of benzene rings is 3. The molecular weight excluding hydrogens is 520 g/mol. The third kappa shape index (κ3) is 6.39. The van der Waals surface area contributed by atoms with E-state index < -0.39 is 27.4 Å². The Kier molecular flexibility index (Phi) is 7.91. The monoisotopic (exact) mass is 546 g/mol. The first-order valence-corrected chi connectivity index (χ1v) is 13.3. The molecule has 1 N–H and O–H groups in total. The molecule has 0 saturated heterocycles. The minimum absolute atomic E-state index is 0.0333. The summed E-state index contributed by atoms with van der Waals surface area (Å²) in [6, 6.07) is 20.8. The van der Waals surface area contributed by atoms with Crippen LogP contribution in [0.4, 0.5) is 11.4 Å². The largest absolute Gasteiger partial charge is 0.455 e. The average molecular weight is 547 g/mol. The molecular formula is C28H26N4O6S. The van der Waals surface area contributed by atoms with Crippen LogP contribution < -0.4 is 9.73 Å². The predicted molar refractivity (Wildman–Crippen MR) is 148 cm³/mol. The van der Waals surface area contributed by atoms with Crippen LogP contribution in [0.3, 0.4) is 0 Å². The highest BCUT2D eigenvalue weighted by atomic mass is 32.2. The van der Waals surface area contributed by atoms with E-state index in [1.165, 1.54) is 30.5 Å². The number of furan rings is 1. The van der Waals surface area contributed by atoms with Crippen molar-refractivity contribution >= 4 is 33.5 Å². The molecule has 1 aromatic heterocycles. The maximum Gasteiger partial charge on any atom is 0.269 e. The van der Waals surface area contributed by atoms with E-state index in [4.69, 9.17) is 4.42 Å². The molecule has 0 fully saturated rings. The Labute approximate surface area is 225 Å². The van der Waals surface area contributed by atoms with Crippen molar-refractivity contribution in [3.05, 3.63) is 111 Å². The standard InChI is InChI=1S/C28H26N4O6S/c1-19-4-13-26(14-5-19)39(36,37)31(24-9-6-20(2)21(3)16-24)18-28(33)30-29-17-25-12-15-27(38-25)22-7-10-23(11-8-22)32(34)35/h4-17H,18H2,1-3H3,(H,30,33)/b29-17-. The lowest BCUT2D eigenvalue weighted by molar-refractivity contribution is -0.384. The van der Waals surface area contributed by atoms with Crippen molar-refractivity contribution in [3.63, 3.8) is 0 Å². The second kappa shape index (κ2) is 11.3. The van der Waals surface area contributed by atoms with Crippen LogP contribution in [0, 0.1) is 30.9 Å². The Bertz CT molecular complexity index is 1640. The molecule has 0 aliphatic heterocycles. The van der Waals surface area contributed by atoms with Crippen LogP contribution in [0.2, 0.25) is 0 Å². The Balaban J connectivity index is 1.50. The van der Waals surface area contributed by atoms with Crippen molar-refractivity contribution in [2.75, 3.05) is 10.8 Å². The van der Waals surface area contributed by atoms with Gasteiger partial charge in [0.05, 0.1) is 21.7 Å². The van der Waals surface area contributed by atoms with Crippen LogP contribution in [0.1, 0.15) is 22.5 Å². The second-order valence-electron chi connectivity index (χ2n) is 8.89. The van der Waals surface area contributed by atoms with Gasteiger partial charge in [0.2, 0.25) is 0 Å². The molecule has 10 nitrogen and oxygen atoms in total. The number of aryl methyl sites for hydroxylation is 3. The molecule has 4 rings (SSSR count). The summed E-state index contributed by atoms with van der Waals surface area (Å²) in [5, 5.41) is 14.7. The van der Waals surface area contributed by atoms with Gasteiger partial charge < -0.3 is 4.42 Å². The summed E-state index contributed by atoms with van der Waals surface area (Å²) in [6.45, 7) is 5.15. The zero-order valence-electron chi connectivity index (χ0n) is 21.5. The first-order chi connectivity index (χ1) is 18.5. The lowest BCUT2D eigenvalue weighted by atomic mass is 10.1. The molecule has 200 valence electrons. The molecule has 0 unspecified atom stereocenters. The van der Waals surface area contributed by atoms with E-state index in [9.17, 15) is 23.3 Å². The number of nitrogens with one attached hydrogen (secondary N) is 1. The number of hydrogen-bond donors (Lipinski definition) is 1. The molecule has 1 heterocycles. The molecule has 0 bridgehead atoms. The maximum absolute atomic E-state index is 13.5. The molecule has 0 spiro atoms. The van der Waals surface area contributed by atoms with Crippen molar-refractivity contribution < 1.29 is 22.6 Å². The number of carbonyl (C=O) groups excluding carboxylic acids is 1. The number of nitro benzene ring substituents is 1. The number of nitrogens with zero attached hydrogens (tertiary/aromatic N) is 3. The normalized spacial score (nSPS) is 11.5.